The van der Waals surface area contributed by atoms with Gasteiger partial charge in [0.2, 0.25) is 0 Å². The summed E-state index contributed by atoms with van der Waals surface area (Å²) in [4.78, 5) is 5.05. The lowest BCUT2D eigenvalue weighted by Crippen LogP contribution is -2.53. The number of anilines is 1. The van der Waals surface area contributed by atoms with Gasteiger partial charge in [-0.1, -0.05) is 61.5 Å². The molecule has 0 spiro atoms. The van der Waals surface area contributed by atoms with E-state index >= 15 is 0 Å². The maximum absolute atomic E-state index is 10.1. The summed E-state index contributed by atoms with van der Waals surface area (Å²) in [5.41, 5.74) is 6.75. The lowest BCUT2D eigenvalue weighted by molar-refractivity contribution is -0.173. The highest BCUT2D eigenvalue weighted by Crippen LogP contribution is 2.55. The first kappa shape index (κ1) is 27.5. The normalized spacial score (nSPS) is 37.6. The van der Waals surface area contributed by atoms with Gasteiger partial charge in [-0.3, -0.25) is 4.98 Å². The minimum Gasteiger partial charge on any atom is -0.414 e. The number of nitrogen functional groups attached to an aromatic ring is 1. The fourth-order valence-corrected chi connectivity index (χ4v) is 7.28. The third kappa shape index (κ3) is 7.06. The smallest absolute Gasteiger partial charge is 0.192 e. The summed E-state index contributed by atoms with van der Waals surface area (Å²) in [6.07, 6.45) is 1.75. The van der Waals surface area contributed by atoms with Crippen molar-refractivity contribution in [1.29, 1.82) is 0 Å². The Morgan fingerprint density at radius 1 is 1.00 bits per heavy atom. The van der Waals surface area contributed by atoms with Crippen molar-refractivity contribution >= 4 is 27.9 Å². The number of fused-ring (bicyclic) bond motifs is 2. The van der Waals surface area contributed by atoms with E-state index in [0.29, 0.717) is 17.1 Å². The summed E-state index contributed by atoms with van der Waals surface area (Å²) in [5, 5.41) is -0.161. The molecule has 0 aromatic carbocycles. The average Bonchev–Trinajstić information content (AvgIpc) is 3.09. The fourth-order valence-electron chi connectivity index (χ4n) is 5.22. The topological polar surface area (TPSA) is 66.6 Å². The number of hydrogen-bond acceptors (Lipinski definition) is 5. The minimum absolute atomic E-state index is 0.00819. The summed E-state index contributed by atoms with van der Waals surface area (Å²) >= 11 is 0. The zero-order valence-electron chi connectivity index (χ0n) is 32.0. The van der Waals surface area contributed by atoms with Gasteiger partial charge in [-0.15, -0.1) is 0 Å². The molecule has 0 amide bonds. The van der Waals surface area contributed by atoms with E-state index < -0.39 is 52.9 Å². The molecule has 2 saturated heterocycles. The molecule has 232 valence electrons. The van der Waals surface area contributed by atoms with E-state index in [4.69, 9.17) is 24.3 Å². The summed E-state index contributed by atoms with van der Waals surface area (Å²) in [5.74, 6) is -1.57. The Morgan fingerprint density at radius 3 is 2.10 bits per heavy atom. The molecule has 4 rings (SSSR count). The van der Waals surface area contributed by atoms with Crippen LogP contribution in [0.2, 0.25) is 36.3 Å². The number of nitrogens with two attached hydrogens (primary N) is 1. The highest BCUT2D eigenvalue weighted by Gasteiger charge is 2.57. The van der Waals surface area contributed by atoms with E-state index in [9.17, 15) is 5.48 Å². The third-order valence-corrected chi connectivity index (χ3v) is 19.4. The number of ether oxygens (including phenoxy) is 1. The Kier molecular flexibility index (Phi) is 7.30. The van der Waals surface area contributed by atoms with Crippen molar-refractivity contribution in [1.82, 2.24) is 4.98 Å². The van der Waals surface area contributed by atoms with Crippen LogP contribution in [0.5, 0.6) is 0 Å². The van der Waals surface area contributed by atoms with Crippen LogP contribution < -0.4 is 5.73 Å². The van der Waals surface area contributed by atoms with Gasteiger partial charge in [-0.2, -0.15) is 0 Å². The van der Waals surface area contributed by atoms with Gasteiger partial charge in [-0.25, -0.2) is 0 Å². The molecular formula is C34H60N2O3Si2. The first-order valence-electron chi connectivity index (χ1n) is 17.7. The number of aromatic nitrogens is 1. The van der Waals surface area contributed by atoms with Crippen LogP contribution in [0.3, 0.4) is 0 Å². The number of nitrogens with zero attached hydrogens (tertiary/aromatic N) is 1. The standard InChI is InChI=1S/C34H60N2O3Si2/c1-30(2,3)40(9,10)37-23-33-19-20-34(39-33,24-38-41(11,12)31(4,5)6)22-26(21-33)28-14-13-27(35)29(36-28)25-15-17-32(7,8)18-16-25/h13-15,26H,16-24,35H2,1-12H3/i19D,20D,21D,26D. The lowest BCUT2D eigenvalue weighted by Gasteiger charge is -2.47. The van der Waals surface area contributed by atoms with Crippen molar-refractivity contribution in [2.24, 2.45) is 5.41 Å². The fraction of sp³-hybridized carbons (Fsp3) is 0.794. The summed E-state index contributed by atoms with van der Waals surface area (Å²) in [7, 11) is -4.60. The molecule has 2 bridgehead atoms. The second kappa shape index (κ2) is 10.9. The van der Waals surface area contributed by atoms with Gasteiger partial charge in [0, 0.05) is 17.1 Å². The Balaban J connectivity index is 1.83. The Morgan fingerprint density at radius 2 is 1.56 bits per heavy atom. The highest BCUT2D eigenvalue weighted by atomic mass is 28.4. The molecule has 1 aromatic rings. The molecule has 3 heterocycles. The molecule has 41 heavy (non-hydrogen) atoms. The highest BCUT2D eigenvalue weighted by molar-refractivity contribution is 6.74. The summed E-state index contributed by atoms with van der Waals surface area (Å²) in [6, 6.07) is 3.58. The predicted octanol–water partition coefficient (Wildman–Crippen LogP) is 9.47. The maximum atomic E-state index is 10.1. The summed E-state index contributed by atoms with van der Waals surface area (Å²) in [6.45, 7) is 26.2. The molecule has 2 fully saturated rings. The van der Waals surface area contributed by atoms with Crippen LogP contribution in [-0.4, -0.2) is 46.0 Å². The van der Waals surface area contributed by atoms with Gasteiger partial charge in [-0.05, 0) is 104 Å². The third-order valence-electron chi connectivity index (χ3n) is 10.5. The molecule has 1 aromatic heterocycles. The number of hydrogen-bond donors (Lipinski definition) is 1. The molecule has 5 nitrogen and oxygen atoms in total. The second-order valence-corrected chi connectivity index (χ2v) is 26.3. The quantitative estimate of drug-likeness (QED) is 0.299. The number of pyridine rings is 1. The molecule has 6 atom stereocenters. The van der Waals surface area contributed by atoms with Crippen LogP contribution >= 0.6 is 0 Å². The first-order valence-corrected chi connectivity index (χ1v) is 21.3. The predicted molar refractivity (Wildman–Crippen MR) is 178 cm³/mol. The van der Waals surface area contributed by atoms with Crippen molar-refractivity contribution < 1.29 is 19.1 Å². The van der Waals surface area contributed by atoms with E-state index in [0.717, 1.165) is 24.8 Å². The maximum Gasteiger partial charge on any atom is 0.192 e. The molecule has 0 radical (unpaired) electrons. The number of allylic oxidation sites excluding steroid dienone is 2. The van der Waals surface area contributed by atoms with E-state index in [1.165, 1.54) is 0 Å². The van der Waals surface area contributed by atoms with Crippen molar-refractivity contribution in [2.45, 2.75) is 154 Å². The van der Waals surface area contributed by atoms with E-state index in [-0.39, 0.29) is 35.1 Å². The zero-order chi connectivity index (χ0) is 34.2. The second-order valence-electron chi connectivity index (χ2n) is 16.6. The average molecular weight is 605 g/mol. The molecule has 3 aliphatic rings. The number of rotatable bonds is 8. The van der Waals surface area contributed by atoms with Crippen LogP contribution in [-0.2, 0) is 13.6 Å². The minimum atomic E-state index is -2.32. The van der Waals surface area contributed by atoms with Gasteiger partial charge in [0.05, 0.1) is 35.8 Å². The monoisotopic (exact) mass is 604 g/mol. The van der Waals surface area contributed by atoms with Crippen molar-refractivity contribution in [3.05, 3.63) is 29.6 Å². The van der Waals surface area contributed by atoms with Crippen LogP contribution in [0.25, 0.3) is 5.57 Å². The van der Waals surface area contributed by atoms with Gasteiger partial charge in [0.25, 0.3) is 0 Å². The zero-order valence-corrected chi connectivity index (χ0v) is 30.0. The molecule has 1 aliphatic carbocycles. The van der Waals surface area contributed by atoms with Crippen LogP contribution in [0, 0.1) is 5.41 Å². The van der Waals surface area contributed by atoms with Gasteiger partial charge in [0.1, 0.15) is 0 Å². The Hall–Kier alpha value is -0.996. The Bertz CT molecular complexity index is 1310. The molecule has 2 N–H and O–H groups in total. The lowest BCUT2D eigenvalue weighted by atomic mass is 9.77. The molecule has 6 unspecified atom stereocenters. The van der Waals surface area contributed by atoms with Crippen LogP contribution in [0.15, 0.2) is 18.2 Å². The molecular weight excluding hydrogens is 541 g/mol. The van der Waals surface area contributed by atoms with E-state index in [1.54, 1.807) is 6.07 Å². The van der Waals surface area contributed by atoms with Crippen molar-refractivity contribution in [3.63, 3.8) is 0 Å². The van der Waals surface area contributed by atoms with E-state index in [1.807, 2.05) is 6.07 Å². The SMILES string of the molecule is [2H]C1C([2H])C2(CO[Si](C)(C)C(C)(C)C)OC1(CO[Si](C)(C)C(C)(C)C)CC([2H])(c1ccc(N)c(C3=CCC(C)(C)CC3)n1)C2[2H]. The molecule has 2 aliphatic heterocycles. The van der Waals surface area contributed by atoms with Crippen LogP contribution in [0.4, 0.5) is 5.69 Å². The largest absolute Gasteiger partial charge is 0.414 e. The molecule has 0 saturated carbocycles. The van der Waals surface area contributed by atoms with Gasteiger partial charge >= 0.3 is 0 Å². The van der Waals surface area contributed by atoms with E-state index in [2.05, 4.69) is 87.7 Å². The van der Waals surface area contributed by atoms with Gasteiger partial charge < -0.3 is 19.3 Å². The Labute approximate surface area is 259 Å². The van der Waals surface area contributed by atoms with Crippen molar-refractivity contribution in [2.75, 3.05) is 18.9 Å². The molecule has 7 heteroatoms. The summed E-state index contributed by atoms with van der Waals surface area (Å²) < 4.78 is 59.0. The van der Waals surface area contributed by atoms with Gasteiger partial charge in [0.15, 0.2) is 16.6 Å². The van der Waals surface area contributed by atoms with Crippen molar-refractivity contribution in [3.8, 4) is 0 Å². The first-order chi connectivity index (χ1) is 20.2. The van der Waals surface area contributed by atoms with Crippen LogP contribution in [0.1, 0.15) is 123 Å².